The van der Waals surface area contributed by atoms with E-state index in [9.17, 15) is 4.79 Å². The third-order valence-electron chi connectivity index (χ3n) is 4.54. The van der Waals surface area contributed by atoms with Crippen molar-refractivity contribution in [1.82, 2.24) is 9.78 Å². The number of thiocarbonyl (C=S) groups is 1. The predicted octanol–water partition coefficient (Wildman–Crippen LogP) is 3.98. The average Bonchev–Trinajstić information content (AvgIpc) is 2.81. The van der Waals surface area contributed by atoms with E-state index in [4.69, 9.17) is 18.0 Å². The molecule has 4 aromatic rings. The van der Waals surface area contributed by atoms with Crippen molar-refractivity contribution in [1.29, 1.82) is 0 Å². The first-order chi connectivity index (χ1) is 15.1. The van der Waals surface area contributed by atoms with Crippen LogP contribution in [0.15, 0.2) is 107 Å². The first-order valence-electron chi connectivity index (χ1n) is 9.57. The van der Waals surface area contributed by atoms with Gasteiger partial charge in [-0.1, -0.05) is 60.7 Å². The van der Waals surface area contributed by atoms with E-state index < -0.39 is 0 Å². The minimum Gasteiger partial charge on any atom is -0.374 e. The smallest absolute Gasteiger partial charge is 0.271 e. The van der Waals surface area contributed by atoms with Crippen molar-refractivity contribution >= 4 is 29.2 Å². The van der Waals surface area contributed by atoms with Crippen molar-refractivity contribution < 1.29 is 0 Å². The van der Waals surface area contributed by atoms with E-state index in [1.807, 2.05) is 84.9 Å². The molecule has 31 heavy (non-hydrogen) atoms. The van der Waals surface area contributed by atoms with Gasteiger partial charge in [0.05, 0.1) is 23.3 Å². The van der Waals surface area contributed by atoms with E-state index in [0.29, 0.717) is 5.69 Å². The van der Waals surface area contributed by atoms with Crippen molar-refractivity contribution in [3.8, 4) is 16.9 Å². The second kappa shape index (κ2) is 9.15. The van der Waals surface area contributed by atoms with Crippen LogP contribution in [0.3, 0.4) is 0 Å². The Morgan fingerprint density at radius 2 is 1.55 bits per heavy atom. The van der Waals surface area contributed by atoms with Crippen LogP contribution < -0.4 is 16.3 Å². The maximum atomic E-state index is 12.4. The molecule has 0 aliphatic carbocycles. The van der Waals surface area contributed by atoms with E-state index in [1.165, 1.54) is 15.8 Å². The lowest BCUT2D eigenvalue weighted by Gasteiger charge is -2.16. The summed E-state index contributed by atoms with van der Waals surface area (Å²) in [7, 11) is 0. The highest BCUT2D eigenvalue weighted by Crippen LogP contribution is 2.16. The number of rotatable bonds is 5. The Kier molecular flexibility index (Phi) is 5.96. The number of aromatic nitrogens is 2. The first kappa shape index (κ1) is 20.2. The fraction of sp³-hybridized carbons (Fsp3) is 0. The summed E-state index contributed by atoms with van der Waals surface area (Å²) in [4.78, 5) is 12.4. The Morgan fingerprint density at radius 1 is 0.903 bits per heavy atom. The number of hydrogen-bond acceptors (Lipinski definition) is 4. The molecule has 4 rings (SSSR count). The number of para-hydroxylation sites is 1. The zero-order valence-electron chi connectivity index (χ0n) is 16.5. The molecule has 0 aliphatic rings. The van der Waals surface area contributed by atoms with Gasteiger partial charge in [-0.15, -0.1) is 0 Å². The van der Waals surface area contributed by atoms with E-state index in [0.717, 1.165) is 22.5 Å². The van der Waals surface area contributed by atoms with Crippen molar-refractivity contribution in [3.63, 3.8) is 0 Å². The third kappa shape index (κ3) is 4.73. The first-order valence-corrected chi connectivity index (χ1v) is 9.97. The molecule has 0 saturated heterocycles. The van der Waals surface area contributed by atoms with E-state index >= 15 is 0 Å². The Balaban J connectivity index is 1.59. The van der Waals surface area contributed by atoms with E-state index in [2.05, 4.69) is 10.2 Å². The SMILES string of the molecule is NC(=S)N(/N=C\c1ccc(-n2nc(-c3ccccc3)ccc2=O)cc1)c1ccccc1. The van der Waals surface area contributed by atoms with Gasteiger partial charge in [0.1, 0.15) is 0 Å². The van der Waals surface area contributed by atoms with Crippen LogP contribution >= 0.6 is 12.2 Å². The highest BCUT2D eigenvalue weighted by atomic mass is 32.1. The predicted molar refractivity (Wildman–Crippen MR) is 129 cm³/mol. The maximum absolute atomic E-state index is 12.4. The van der Waals surface area contributed by atoms with Gasteiger partial charge in [0.15, 0.2) is 5.11 Å². The molecular formula is C24H19N5OS. The highest BCUT2D eigenvalue weighted by molar-refractivity contribution is 7.80. The lowest BCUT2D eigenvalue weighted by Crippen LogP contribution is -2.30. The molecule has 0 bridgehead atoms. The number of nitrogens with two attached hydrogens (primary N) is 1. The van der Waals surface area contributed by atoms with Crippen LogP contribution in [0.5, 0.6) is 0 Å². The second-order valence-electron chi connectivity index (χ2n) is 6.66. The molecule has 7 heteroatoms. The quantitative estimate of drug-likeness (QED) is 0.297. The summed E-state index contributed by atoms with van der Waals surface area (Å²) in [5.74, 6) is 0. The Bertz CT molecular complexity index is 1270. The van der Waals surface area contributed by atoms with Gasteiger partial charge in [0, 0.05) is 11.6 Å². The number of hydrogen-bond donors (Lipinski definition) is 1. The molecule has 2 N–H and O–H groups in total. The van der Waals surface area contributed by atoms with Gasteiger partial charge in [-0.3, -0.25) is 4.79 Å². The van der Waals surface area contributed by atoms with Crippen molar-refractivity contribution in [2.45, 2.75) is 0 Å². The normalized spacial score (nSPS) is 10.8. The minimum atomic E-state index is -0.204. The molecule has 1 heterocycles. The van der Waals surface area contributed by atoms with Gasteiger partial charge in [0.2, 0.25) is 0 Å². The number of anilines is 1. The number of hydrazone groups is 1. The Labute approximate surface area is 184 Å². The fourth-order valence-electron chi connectivity index (χ4n) is 3.01. The molecule has 6 nitrogen and oxygen atoms in total. The summed E-state index contributed by atoms with van der Waals surface area (Å²) in [6, 6.07) is 29.7. The number of nitrogens with zero attached hydrogens (tertiary/aromatic N) is 4. The molecule has 0 fully saturated rings. The summed E-state index contributed by atoms with van der Waals surface area (Å²) in [5, 5.41) is 10.5. The van der Waals surface area contributed by atoms with E-state index in [1.54, 1.807) is 12.3 Å². The summed E-state index contributed by atoms with van der Waals surface area (Å²) in [5.41, 5.74) is 9.53. The third-order valence-corrected chi connectivity index (χ3v) is 4.71. The van der Waals surface area contributed by atoms with Crippen LogP contribution in [0, 0.1) is 0 Å². The van der Waals surface area contributed by atoms with Crippen molar-refractivity contribution in [2.24, 2.45) is 10.8 Å². The monoisotopic (exact) mass is 425 g/mol. The molecule has 0 atom stereocenters. The molecule has 0 unspecified atom stereocenters. The van der Waals surface area contributed by atoms with E-state index in [-0.39, 0.29) is 10.7 Å². The summed E-state index contributed by atoms with van der Waals surface area (Å²) in [6.07, 6.45) is 1.66. The maximum Gasteiger partial charge on any atom is 0.271 e. The van der Waals surface area contributed by atoms with Gasteiger partial charge in [-0.05, 0) is 48.1 Å². The molecule has 3 aromatic carbocycles. The van der Waals surface area contributed by atoms with Crippen LogP contribution in [0.2, 0.25) is 0 Å². The van der Waals surface area contributed by atoms with Crippen LogP contribution in [0.25, 0.3) is 16.9 Å². The van der Waals surface area contributed by atoms with Gasteiger partial charge in [0.25, 0.3) is 5.56 Å². The molecule has 1 aromatic heterocycles. The zero-order chi connectivity index (χ0) is 21.6. The lowest BCUT2D eigenvalue weighted by molar-refractivity contribution is 0.812. The summed E-state index contributed by atoms with van der Waals surface area (Å²) in [6.45, 7) is 0. The minimum absolute atomic E-state index is 0.146. The summed E-state index contributed by atoms with van der Waals surface area (Å²) < 4.78 is 1.38. The molecule has 0 radical (unpaired) electrons. The molecule has 0 amide bonds. The molecule has 152 valence electrons. The fourth-order valence-corrected chi connectivity index (χ4v) is 3.16. The van der Waals surface area contributed by atoms with Gasteiger partial charge < -0.3 is 5.73 Å². The van der Waals surface area contributed by atoms with Crippen molar-refractivity contribution in [3.05, 3.63) is 113 Å². The van der Waals surface area contributed by atoms with Crippen LogP contribution in [0.4, 0.5) is 5.69 Å². The largest absolute Gasteiger partial charge is 0.374 e. The summed E-state index contributed by atoms with van der Waals surface area (Å²) >= 11 is 5.11. The molecule has 0 saturated carbocycles. The molecule has 0 spiro atoms. The number of benzene rings is 3. The van der Waals surface area contributed by atoms with Crippen LogP contribution in [-0.2, 0) is 0 Å². The Hall–Kier alpha value is -4.10. The zero-order valence-corrected chi connectivity index (χ0v) is 17.3. The second-order valence-corrected chi connectivity index (χ2v) is 7.07. The van der Waals surface area contributed by atoms with Crippen molar-refractivity contribution in [2.75, 3.05) is 5.01 Å². The molecule has 0 aliphatic heterocycles. The van der Waals surface area contributed by atoms with Gasteiger partial charge in [-0.25, -0.2) is 5.01 Å². The van der Waals surface area contributed by atoms with Crippen LogP contribution in [0.1, 0.15) is 5.56 Å². The van der Waals surface area contributed by atoms with Gasteiger partial charge >= 0.3 is 0 Å². The Morgan fingerprint density at radius 3 is 2.19 bits per heavy atom. The molecular weight excluding hydrogens is 406 g/mol. The topological polar surface area (TPSA) is 76.5 Å². The van der Waals surface area contributed by atoms with Gasteiger partial charge in [-0.2, -0.15) is 14.9 Å². The lowest BCUT2D eigenvalue weighted by atomic mass is 10.1. The standard InChI is InChI=1S/C24H19N5OS/c25-24(31)29(20-9-5-2-6-10-20)26-17-18-11-13-21(14-12-18)28-23(30)16-15-22(27-28)19-7-3-1-4-8-19/h1-17H,(H2,25,31)/b26-17-. The van der Waals surface area contributed by atoms with Crippen LogP contribution in [-0.4, -0.2) is 21.1 Å². The highest BCUT2D eigenvalue weighted by Gasteiger charge is 2.07. The average molecular weight is 426 g/mol.